The molecule has 0 aliphatic rings. The Morgan fingerprint density at radius 1 is 0.652 bits per heavy atom. The van der Waals surface area contributed by atoms with Gasteiger partial charge in [0.2, 0.25) is 0 Å². The zero-order chi connectivity index (χ0) is 15.6. The van der Waals surface area contributed by atoms with E-state index in [1.54, 1.807) is 6.33 Å². The van der Waals surface area contributed by atoms with Gasteiger partial charge in [0.05, 0.1) is 11.2 Å². The summed E-state index contributed by atoms with van der Waals surface area (Å²) in [6.07, 6.45) is 1.63. The molecule has 3 heteroatoms. The lowest BCUT2D eigenvalue weighted by Gasteiger charge is -2.11. The largest absolute Gasteiger partial charge is 0.236 e. The first-order valence-electron chi connectivity index (χ1n) is 7.38. The molecule has 0 N–H and O–H groups in total. The summed E-state index contributed by atoms with van der Waals surface area (Å²) in [5.74, 6) is 0. The second-order valence-corrected chi connectivity index (χ2v) is 6.21. The lowest BCUT2D eigenvalue weighted by Crippen LogP contribution is -1.91. The third kappa shape index (κ3) is 2.64. The van der Waals surface area contributed by atoms with E-state index >= 15 is 0 Å². The number of rotatable bonds is 2. The van der Waals surface area contributed by atoms with E-state index in [-0.39, 0.29) is 0 Å². The second-order valence-electron chi connectivity index (χ2n) is 5.29. The number of para-hydroxylation sites is 1. The summed E-state index contributed by atoms with van der Waals surface area (Å²) in [5, 5.41) is 1.07. The van der Waals surface area contributed by atoms with E-state index in [1.807, 2.05) is 18.2 Å². The maximum Gasteiger partial charge on any atom is 0.116 e. The monoisotopic (exact) mass is 360 g/mol. The zero-order valence-corrected chi connectivity index (χ0v) is 13.9. The fraction of sp³-hybridized carbons (Fsp3) is 0. The van der Waals surface area contributed by atoms with Crippen LogP contribution in [0.25, 0.3) is 33.3 Å². The minimum Gasteiger partial charge on any atom is -0.236 e. The maximum atomic E-state index is 4.56. The molecule has 0 aliphatic carbocycles. The molecule has 4 rings (SSSR count). The number of hydrogen-bond acceptors (Lipinski definition) is 2. The highest BCUT2D eigenvalue weighted by atomic mass is 79.9. The standard InChI is InChI=1S/C20H13BrN2/c21-15-11-9-14(10-12-15)16-5-1-2-6-17(16)20-18-7-3-4-8-19(18)22-13-23-20/h1-13H. The SMILES string of the molecule is Brc1ccc(-c2ccccc2-c2ncnc3ccccc23)cc1. The Kier molecular flexibility index (Phi) is 3.64. The highest BCUT2D eigenvalue weighted by Crippen LogP contribution is 2.34. The van der Waals surface area contributed by atoms with Gasteiger partial charge in [-0.3, -0.25) is 0 Å². The van der Waals surface area contributed by atoms with Gasteiger partial charge in [-0.05, 0) is 29.3 Å². The molecule has 0 fully saturated rings. The summed E-state index contributed by atoms with van der Waals surface area (Å²) < 4.78 is 1.08. The van der Waals surface area contributed by atoms with E-state index < -0.39 is 0 Å². The third-order valence-corrected chi connectivity index (χ3v) is 4.41. The molecular weight excluding hydrogens is 348 g/mol. The Morgan fingerprint density at radius 2 is 1.35 bits per heavy atom. The normalized spacial score (nSPS) is 10.8. The van der Waals surface area contributed by atoms with E-state index in [2.05, 4.69) is 80.5 Å². The highest BCUT2D eigenvalue weighted by Gasteiger charge is 2.11. The summed E-state index contributed by atoms with van der Waals surface area (Å²) in [7, 11) is 0. The van der Waals surface area contributed by atoms with Crippen LogP contribution >= 0.6 is 15.9 Å². The number of aromatic nitrogens is 2. The van der Waals surface area contributed by atoms with Crippen LogP contribution in [0, 0.1) is 0 Å². The number of hydrogen-bond donors (Lipinski definition) is 0. The molecule has 4 aromatic rings. The summed E-state index contributed by atoms with van der Waals surface area (Å²) in [6, 6.07) is 24.8. The summed E-state index contributed by atoms with van der Waals surface area (Å²) >= 11 is 3.49. The number of halogens is 1. The van der Waals surface area contributed by atoms with Crippen molar-refractivity contribution in [2.24, 2.45) is 0 Å². The van der Waals surface area contributed by atoms with Crippen molar-refractivity contribution in [1.82, 2.24) is 9.97 Å². The van der Waals surface area contributed by atoms with E-state index in [9.17, 15) is 0 Å². The van der Waals surface area contributed by atoms with Crippen LogP contribution in [0.5, 0.6) is 0 Å². The van der Waals surface area contributed by atoms with Crippen molar-refractivity contribution in [2.75, 3.05) is 0 Å². The smallest absolute Gasteiger partial charge is 0.116 e. The lowest BCUT2D eigenvalue weighted by molar-refractivity contribution is 1.22. The van der Waals surface area contributed by atoms with Crippen LogP contribution < -0.4 is 0 Å². The van der Waals surface area contributed by atoms with Crippen molar-refractivity contribution >= 4 is 26.8 Å². The summed E-state index contributed by atoms with van der Waals surface area (Å²) in [5.41, 5.74) is 5.39. The number of nitrogens with zero attached hydrogens (tertiary/aromatic N) is 2. The zero-order valence-electron chi connectivity index (χ0n) is 12.3. The van der Waals surface area contributed by atoms with Gasteiger partial charge in [0.1, 0.15) is 6.33 Å². The van der Waals surface area contributed by atoms with Gasteiger partial charge in [0.25, 0.3) is 0 Å². The van der Waals surface area contributed by atoms with Crippen LogP contribution in [-0.4, -0.2) is 9.97 Å². The van der Waals surface area contributed by atoms with Crippen molar-refractivity contribution in [3.63, 3.8) is 0 Å². The van der Waals surface area contributed by atoms with Gasteiger partial charge in [-0.1, -0.05) is 70.5 Å². The van der Waals surface area contributed by atoms with E-state index in [0.29, 0.717) is 0 Å². The van der Waals surface area contributed by atoms with Gasteiger partial charge in [-0.25, -0.2) is 9.97 Å². The number of fused-ring (bicyclic) bond motifs is 1. The average Bonchev–Trinajstić information content (AvgIpc) is 2.62. The Hall–Kier alpha value is -2.52. The van der Waals surface area contributed by atoms with E-state index in [1.165, 1.54) is 11.1 Å². The first-order valence-corrected chi connectivity index (χ1v) is 8.17. The summed E-state index contributed by atoms with van der Waals surface area (Å²) in [6.45, 7) is 0. The average molecular weight is 361 g/mol. The van der Waals surface area contributed by atoms with Crippen molar-refractivity contribution in [2.45, 2.75) is 0 Å². The molecule has 3 aromatic carbocycles. The van der Waals surface area contributed by atoms with Crippen LogP contribution in [0.1, 0.15) is 0 Å². The van der Waals surface area contributed by atoms with Crippen LogP contribution in [-0.2, 0) is 0 Å². The Balaban J connectivity index is 1.97. The molecule has 0 aliphatic heterocycles. The van der Waals surface area contributed by atoms with Gasteiger partial charge in [0, 0.05) is 15.4 Å². The second kappa shape index (κ2) is 5.94. The van der Waals surface area contributed by atoms with Gasteiger partial charge in [-0.15, -0.1) is 0 Å². The van der Waals surface area contributed by atoms with Crippen LogP contribution in [0.3, 0.4) is 0 Å². The molecule has 0 spiro atoms. The Morgan fingerprint density at radius 3 is 2.17 bits per heavy atom. The quantitative estimate of drug-likeness (QED) is 0.456. The van der Waals surface area contributed by atoms with Gasteiger partial charge in [-0.2, -0.15) is 0 Å². The molecule has 0 saturated carbocycles. The van der Waals surface area contributed by atoms with Crippen LogP contribution in [0.4, 0.5) is 0 Å². The molecule has 0 saturated heterocycles. The molecule has 1 aromatic heterocycles. The van der Waals surface area contributed by atoms with Crippen molar-refractivity contribution < 1.29 is 0 Å². The summed E-state index contributed by atoms with van der Waals surface area (Å²) in [4.78, 5) is 8.92. The first kappa shape index (κ1) is 14.1. The van der Waals surface area contributed by atoms with Crippen LogP contribution in [0.2, 0.25) is 0 Å². The highest BCUT2D eigenvalue weighted by molar-refractivity contribution is 9.10. The minimum atomic E-state index is 0.961. The molecule has 0 amide bonds. The van der Waals surface area contributed by atoms with Gasteiger partial charge < -0.3 is 0 Å². The maximum absolute atomic E-state index is 4.56. The van der Waals surface area contributed by atoms with E-state index in [0.717, 1.165) is 26.6 Å². The van der Waals surface area contributed by atoms with Crippen molar-refractivity contribution in [3.05, 3.63) is 83.6 Å². The molecule has 0 radical (unpaired) electrons. The fourth-order valence-electron chi connectivity index (χ4n) is 2.79. The van der Waals surface area contributed by atoms with E-state index in [4.69, 9.17) is 0 Å². The van der Waals surface area contributed by atoms with Crippen molar-refractivity contribution in [3.8, 4) is 22.4 Å². The first-order chi connectivity index (χ1) is 11.3. The predicted octanol–water partition coefficient (Wildman–Crippen LogP) is 5.73. The predicted molar refractivity (Wildman–Crippen MR) is 98.1 cm³/mol. The topological polar surface area (TPSA) is 25.8 Å². The molecule has 0 atom stereocenters. The molecular formula is C20H13BrN2. The van der Waals surface area contributed by atoms with Crippen LogP contribution in [0.15, 0.2) is 83.6 Å². The molecule has 0 bridgehead atoms. The van der Waals surface area contributed by atoms with Crippen molar-refractivity contribution in [1.29, 1.82) is 0 Å². The Labute approximate surface area is 143 Å². The van der Waals surface area contributed by atoms with Gasteiger partial charge >= 0.3 is 0 Å². The Bertz CT molecular complexity index is 973. The fourth-order valence-corrected chi connectivity index (χ4v) is 3.05. The number of benzene rings is 3. The molecule has 23 heavy (non-hydrogen) atoms. The lowest BCUT2D eigenvalue weighted by atomic mass is 9.96. The molecule has 2 nitrogen and oxygen atoms in total. The third-order valence-electron chi connectivity index (χ3n) is 3.88. The van der Waals surface area contributed by atoms with Gasteiger partial charge in [0.15, 0.2) is 0 Å². The molecule has 1 heterocycles. The molecule has 110 valence electrons. The minimum absolute atomic E-state index is 0.961. The molecule has 0 unspecified atom stereocenters.